The molecule has 0 heterocycles. The van der Waals surface area contributed by atoms with E-state index in [0.29, 0.717) is 4.31 Å². The first-order valence-corrected chi connectivity index (χ1v) is 6.58. The van der Waals surface area contributed by atoms with E-state index in [1.165, 1.54) is 0 Å². The van der Waals surface area contributed by atoms with Gasteiger partial charge in [-0.3, -0.25) is 9.59 Å². The summed E-state index contributed by atoms with van der Waals surface area (Å²) < 4.78 is 35.3. The molecule has 106 valence electrons. The molecule has 0 aliphatic heterocycles. The predicted octanol–water partition coefficient (Wildman–Crippen LogP) is -1.12. The van der Waals surface area contributed by atoms with E-state index >= 15 is 0 Å². The Hall–Kier alpha value is -1.19. The van der Waals surface area contributed by atoms with Gasteiger partial charge in [-0.15, -0.1) is 0 Å². The van der Waals surface area contributed by atoms with Crippen LogP contribution in [0.1, 0.15) is 13.8 Å². The Bertz CT molecular complexity index is 374. The van der Waals surface area contributed by atoms with Gasteiger partial charge in [-0.2, -0.15) is 17.4 Å². The monoisotopic (exact) mass is 282 g/mol. The molecule has 0 saturated heterocycles. The zero-order valence-corrected chi connectivity index (χ0v) is 11.6. The Balaban J connectivity index is 4.95. The summed E-state index contributed by atoms with van der Waals surface area (Å²) in [4.78, 5) is 22.2. The van der Waals surface area contributed by atoms with Gasteiger partial charge in [0.15, 0.2) is 0 Å². The summed E-state index contributed by atoms with van der Waals surface area (Å²) in [7, 11) is -1.70. The van der Waals surface area contributed by atoms with Gasteiger partial charge in [0.1, 0.15) is 13.1 Å². The van der Waals surface area contributed by atoms with E-state index in [1.54, 1.807) is 13.8 Å². The van der Waals surface area contributed by atoms with Gasteiger partial charge in [0.05, 0.1) is 14.2 Å². The van der Waals surface area contributed by atoms with Crippen LogP contribution in [0.5, 0.6) is 0 Å². The van der Waals surface area contributed by atoms with Crippen molar-refractivity contribution in [3.8, 4) is 0 Å². The fourth-order valence-electron chi connectivity index (χ4n) is 1.02. The van der Waals surface area contributed by atoms with E-state index in [1.807, 2.05) is 0 Å². The third kappa shape index (κ3) is 5.94. The van der Waals surface area contributed by atoms with Gasteiger partial charge < -0.3 is 9.47 Å². The molecule has 0 amide bonds. The molecule has 0 spiro atoms. The van der Waals surface area contributed by atoms with Crippen LogP contribution in [0.3, 0.4) is 0 Å². The SMILES string of the molecule is COC(=O)CN(CC(=O)OC)S(=O)(=O)NC(C)C. The van der Waals surface area contributed by atoms with Crippen LogP contribution in [0.2, 0.25) is 0 Å². The summed E-state index contributed by atoms with van der Waals surface area (Å²) in [5.74, 6) is -1.54. The molecule has 0 aromatic carbocycles. The second-order valence-electron chi connectivity index (χ2n) is 3.70. The van der Waals surface area contributed by atoms with Crippen LogP contribution in [0.15, 0.2) is 0 Å². The number of carbonyl (C=O) groups is 2. The summed E-state index contributed by atoms with van der Waals surface area (Å²) in [6.45, 7) is 2.11. The second-order valence-corrected chi connectivity index (χ2v) is 5.40. The number of nitrogens with one attached hydrogen (secondary N) is 1. The lowest BCUT2D eigenvalue weighted by Crippen LogP contribution is -2.48. The fourth-order valence-corrected chi connectivity index (χ4v) is 2.31. The third-order valence-electron chi connectivity index (χ3n) is 1.79. The highest BCUT2D eigenvalue weighted by Crippen LogP contribution is 2.01. The Labute approximate surface area is 106 Å². The summed E-state index contributed by atoms with van der Waals surface area (Å²) in [6, 6.07) is -0.368. The molecule has 0 bridgehead atoms. The first-order valence-electron chi connectivity index (χ1n) is 5.14. The van der Waals surface area contributed by atoms with E-state index in [2.05, 4.69) is 14.2 Å². The van der Waals surface area contributed by atoms with Crippen molar-refractivity contribution in [2.24, 2.45) is 0 Å². The van der Waals surface area contributed by atoms with E-state index in [-0.39, 0.29) is 6.04 Å². The Kier molecular flexibility index (Phi) is 6.81. The van der Waals surface area contributed by atoms with Gasteiger partial charge >= 0.3 is 11.9 Å². The molecule has 0 unspecified atom stereocenters. The van der Waals surface area contributed by atoms with Crippen LogP contribution in [0.4, 0.5) is 0 Å². The molecule has 0 atom stereocenters. The lowest BCUT2D eigenvalue weighted by Gasteiger charge is -2.21. The maximum Gasteiger partial charge on any atom is 0.321 e. The van der Waals surface area contributed by atoms with Crippen molar-refractivity contribution in [2.75, 3.05) is 27.3 Å². The van der Waals surface area contributed by atoms with E-state index in [4.69, 9.17) is 0 Å². The number of ether oxygens (including phenoxy) is 2. The van der Waals surface area contributed by atoms with Gasteiger partial charge in [-0.1, -0.05) is 0 Å². The zero-order valence-electron chi connectivity index (χ0n) is 10.8. The second kappa shape index (κ2) is 7.29. The van der Waals surface area contributed by atoms with Crippen LogP contribution in [0, 0.1) is 0 Å². The highest BCUT2D eigenvalue weighted by atomic mass is 32.2. The third-order valence-corrected chi connectivity index (χ3v) is 3.50. The van der Waals surface area contributed by atoms with Crippen LogP contribution < -0.4 is 4.72 Å². The number of esters is 2. The molecule has 9 heteroatoms. The highest BCUT2D eigenvalue weighted by Gasteiger charge is 2.28. The molecule has 8 nitrogen and oxygen atoms in total. The fraction of sp³-hybridized carbons (Fsp3) is 0.778. The molecule has 18 heavy (non-hydrogen) atoms. The summed E-state index contributed by atoms with van der Waals surface area (Å²) in [5, 5.41) is 0. The number of rotatable bonds is 7. The van der Waals surface area contributed by atoms with Crippen LogP contribution in [-0.4, -0.2) is 58.0 Å². The summed E-state index contributed by atoms with van der Waals surface area (Å²) >= 11 is 0. The van der Waals surface area contributed by atoms with Crippen molar-refractivity contribution >= 4 is 22.1 Å². The molecule has 0 saturated carbocycles. The molecule has 0 aliphatic carbocycles. The van der Waals surface area contributed by atoms with Crippen molar-refractivity contribution < 1.29 is 27.5 Å². The van der Waals surface area contributed by atoms with Gasteiger partial charge in [0, 0.05) is 6.04 Å². The molecular weight excluding hydrogens is 264 g/mol. The number of nitrogens with zero attached hydrogens (tertiary/aromatic N) is 1. The first-order chi connectivity index (χ1) is 8.22. The van der Waals surface area contributed by atoms with E-state index in [9.17, 15) is 18.0 Å². The predicted molar refractivity (Wildman–Crippen MR) is 62.8 cm³/mol. The molecular formula is C9H18N2O6S. The van der Waals surface area contributed by atoms with Gasteiger partial charge in [-0.25, -0.2) is 0 Å². The van der Waals surface area contributed by atoms with Gasteiger partial charge in [-0.05, 0) is 13.8 Å². The Morgan fingerprint density at radius 2 is 1.50 bits per heavy atom. The first kappa shape index (κ1) is 16.8. The summed E-state index contributed by atoms with van der Waals surface area (Å²) in [6.07, 6.45) is 0. The number of hydrogen-bond donors (Lipinski definition) is 1. The minimum Gasteiger partial charge on any atom is -0.468 e. The van der Waals surface area contributed by atoms with Crippen molar-refractivity contribution in [1.29, 1.82) is 0 Å². The average Bonchev–Trinajstić information content (AvgIpc) is 2.25. The van der Waals surface area contributed by atoms with E-state index < -0.39 is 35.2 Å². The van der Waals surface area contributed by atoms with Crippen molar-refractivity contribution in [2.45, 2.75) is 19.9 Å². The standard InChI is InChI=1S/C9H18N2O6S/c1-7(2)10-18(14,15)11(5-8(12)16-3)6-9(13)17-4/h7,10H,5-6H2,1-4H3. The quantitative estimate of drug-likeness (QED) is 0.593. The lowest BCUT2D eigenvalue weighted by molar-refractivity contribution is -0.143. The maximum absolute atomic E-state index is 11.8. The molecule has 0 aromatic heterocycles. The number of methoxy groups -OCH3 is 2. The molecule has 0 fully saturated rings. The van der Waals surface area contributed by atoms with Crippen LogP contribution in [-0.2, 0) is 29.3 Å². The number of hydrogen-bond acceptors (Lipinski definition) is 6. The molecule has 0 aliphatic rings. The molecule has 0 radical (unpaired) electrons. The Morgan fingerprint density at radius 3 is 1.78 bits per heavy atom. The smallest absolute Gasteiger partial charge is 0.321 e. The Morgan fingerprint density at radius 1 is 1.11 bits per heavy atom. The minimum absolute atomic E-state index is 0.368. The van der Waals surface area contributed by atoms with Crippen LogP contribution in [0.25, 0.3) is 0 Å². The van der Waals surface area contributed by atoms with E-state index in [0.717, 1.165) is 14.2 Å². The van der Waals surface area contributed by atoms with Crippen LogP contribution >= 0.6 is 0 Å². The van der Waals surface area contributed by atoms with Gasteiger partial charge in [0.25, 0.3) is 10.2 Å². The normalized spacial score (nSPS) is 11.7. The van der Waals surface area contributed by atoms with Crippen molar-refractivity contribution in [1.82, 2.24) is 9.03 Å². The molecule has 0 aromatic rings. The average molecular weight is 282 g/mol. The zero-order chi connectivity index (χ0) is 14.3. The maximum atomic E-state index is 11.8. The number of carbonyl (C=O) groups excluding carboxylic acids is 2. The molecule has 1 N–H and O–H groups in total. The highest BCUT2D eigenvalue weighted by molar-refractivity contribution is 7.87. The van der Waals surface area contributed by atoms with Gasteiger partial charge in [0.2, 0.25) is 0 Å². The van der Waals surface area contributed by atoms with Crippen molar-refractivity contribution in [3.63, 3.8) is 0 Å². The minimum atomic E-state index is -3.95. The molecule has 0 rings (SSSR count). The summed E-state index contributed by atoms with van der Waals surface area (Å²) in [5.41, 5.74) is 0. The lowest BCUT2D eigenvalue weighted by atomic mass is 10.4. The largest absolute Gasteiger partial charge is 0.468 e. The topological polar surface area (TPSA) is 102 Å². The van der Waals surface area contributed by atoms with Crippen molar-refractivity contribution in [3.05, 3.63) is 0 Å².